The standard InChI is InChI=1S/C29H34F3N7O/c1-5-38(18-25-10-7-11-40-25)27-23(15-22-9-6-8-20(3)26(22)33-27)17-39(28-34-36-37(4)35-28)16-21-12-19(2)13-24(14-21)29(30,31)32/h6,8-9,12-15,25H,5,7,10-11,16-18H2,1-4H3/t25-/m0/s1. The van der Waals surface area contributed by atoms with E-state index in [0.717, 1.165) is 59.9 Å². The van der Waals surface area contributed by atoms with Crippen LogP contribution in [0.2, 0.25) is 0 Å². The van der Waals surface area contributed by atoms with Crippen LogP contribution in [0.15, 0.2) is 42.5 Å². The molecular weight excluding hydrogens is 519 g/mol. The zero-order valence-electron chi connectivity index (χ0n) is 23.2. The minimum atomic E-state index is -4.44. The number of anilines is 2. The molecule has 1 fully saturated rings. The summed E-state index contributed by atoms with van der Waals surface area (Å²) in [5.41, 5.74) is 3.29. The van der Waals surface area contributed by atoms with Gasteiger partial charge in [0.05, 0.1) is 24.2 Å². The molecule has 1 saturated heterocycles. The number of nitrogens with zero attached hydrogens (tertiary/aromatic N) is 7. The van der Waals surface area contributed by atoms with E-state index in [0.29, 0.717) is 30.2 Å². The highest BCUT2D eigenvalue weighted by Crippen LogP contribution is 2.32. The first kappa shape index (κ1) is 27.8. The third kappa shape index (κ3) is 6.19. The summed E-state index contributed by atoms with van der Waals surface area (Å²) in [6.45, 7) is 8.51. The number of halogens is 3. The van der Waals surface area contributed by atoms with Crippen molar-refractivity contribution < 1.29 is 17.9 Å². The Morgan fingerprint density at radius 3 is 2.58 bits per heavy atom. The average Bonchev–Trinajstić information content (AvgIpc) is 3.58. The molecule has 40 heavy (non-hydrogen) atoms. The fourth-order valence-electron chi connectivity index (χ4n) is 5.31. The maximum Gasteiger partial charge on any atom is 0.416 e. The topological polar surface area (TPSA) is 72.2 Å². The highest BCUT2D eigenvalue weighted by atomic mass is 19.4. The number of benzene rings is 2. The highest BCUT2D eigenvalue weighted by Gasteiger charge is 2.31. The Hall–Kier alpha value is -3.73. The van der Waals surface area contributed by atoms with E-state index < -0.39 is 11.7 Å². The second kappa shape index (κ2) is 11.4. The molecule has 5 rings (SSSR count). The van der Waals surface area contributed by atoms with Gasteiger partial charge in [0.15, 0.2) is 0 Å². The van der Waals surface area contributed by atoms with Gasteiger partial charge >= 0.3 is 6.18 Å². The monoisotopic (exact) mass is 553 g/mol. The molecule has 0 N–H and O–H groups in total. The molecule has 212 valence electrons. The molecule has 0 bridgehead atoms. The first-order chi connectivity index (χ1) is 19.1. The van der Waals surface area contributed by atoms with Crippen LogP contribution in [0, 0.1) is 13.8 Å². The van der Waals surface area contributed by atoms with Gasteiger partial charge in [-0.05, 0) is 68.2 Å². The van der Waals surface area contributed by atoms with Crippen molar-refractivity contribution >= 4 is 22.7 Å². The van der Waals surface area contributed by atoms with E-state index in [4.69, 9.17) is 9.72 Å². The number of para-hydroxylation sites is 1. The highest BCUT2D eigenvalue weighted by molar-refractivity contribution is 5.84. The Bertz CT molecular complexity index is 1480. The molecule has 8 nitrogen and oxygen atoms in total. The molecule has 0 radical (unpaired) electrons. The summed E-state index contributed by atoms with van der Waals surface area (Å²) in [6.07, 6.45) is -2.26. The molecule has 1 aliphatic rings. The van der Waals surface area contributed by atoms with E-state index in [1.807, 2.05) is 30.0 Å². The summed E-state index contributed by atoms with van der Waals surface area (Å²) in [5, 5.41) is 13.6. The largest absolute Gasteiger partial charge is 0.416 e. The number of pyridine rings is 1. The average molecular weight is 554 g/mol. The lowest BCUT2D eigenvalue weighted by molar-refractivity contribution is -0.137. The maximum absolute atomic E-state index is 13.6. The van der Waals surface area contributed by atoms with E-state index in [1.54, 1.807) is 20.0 Å². The zero-order chi connectivity index (χ0) is 28.4. The van der Waals surface area contributed by atoms with E-state index in [2.05, 4.69) is 33.3 Å². The van der Waals surface area contributed by atoms with Crippen molar-refractivity contribution in [1.82, 2.24) is 25.2 Å². The molecular formula is C29H34F3N7O. The molecule has 1 aliphatic heterocycles. The number of hydrogen-bond donors (Lipinski definition) is 0. The Morgan fingerprint density at radius 1 is 1.07 bits per heavy atom. The fourth-order valence-corrected chi connectivity index (χ4v) is 5.31. The first-order valence-corrected chi connectivity index (χ1v) is 13.5. The molecule has 2 aromatic carbocycles. The Morgan fingerprint density at radius 2 is 1.90 bits per heavy atom. The van der Waals surface area contributed by atoms with Gasteiger partial charge < -0.3 is 14.5 Å². The van der Waals surface area contributed by atoms with Gasteiger partial charge in [-0.3, -0.25) is 0 Å². The van der Waals surface area contributed by atoms with Crippen LogP contribution in [0.3, 0.4) is 0 Å². The molecule has 0 unspecified atom stereocenters. The van der Waals surface area contributed by atoms with Crippen LogP contribution in [0.1, 0.15) is 47.6 Å². The Kier molecular flexibility index (Phi) is 7.93. The summed E-state index contributed by atoms with van der Waals surface area (Å²) < 4.78 is 46.8. The predicted octanol–water partition coefficient (Wildman–Crippen LogP) is 5.61. The van der Waals surface area contributed by atoms with E-state index in [1.165, 1.54) is 10.9 Å². The summed E-state index contributed by atoms with van der Waals surface area (Å²) in [5.74, 6) is 1.16. The molecule has 2 aromatic heterocycles. The normalized spacial score (nSPS) is 15.6. The predicted molar refractivity (Wildman–Crippen MR) is 148 cm³/mol. The first-order valence-electron chi connectivity index (χ1n) is 13.5. The quantitative estimate of drug-likeness (QED) is 0.267. The van der Waals surface area contributed by atoms with Crippen LogP contribution in [-0.2, 0) is 31.1 Å². The number of hydrogen-bond acceptors (Lipinski definition) is 7. The fraction of sp³-hybridized carbons (Fsp3) is 0.448. The zero-order valence-corrected chi connectivity index (χ0v) is 23.2. The van der Waals surface area contributed by atoms with Gasteiger partial charge in [0, 0.05) is 43.7 Å². The lowest BCUT2D eigenvalue weighted by atomic mass is 10.0. The van der Waals surface area contributed by atoms with Crippen LogP contribution in [-0.4, -0.2) is 51.0 Å². The van der Waals surface area contributed by atoms with Gasteiger partial charge in [0.2, 0.25) is 0 Å². The second-order valence-electron chi connectivity index (χ2n) is 10.4. The van der Waals surface area contributed by atoms with Gasteiger partial charge in [-0.2, -0.15) is 18.0 Å². The molecule has 3 heterocycles. The number of aromatic nitrogens is 5. The SMILES string of the molecule is CCN(C[C@@H]1CCCO1)c1nc2c(C)cccc2cc1CN(Cc1cc(C)cc(C(F)(F)F)c1)c1nnn(C)n1. The summed E-state index contributed by atoms with van der Waals surface area (Å²) in [7, 11) is 1.66. The van der Waals surface area contributed by atoms with Crippen LogP contribution < -0.4 is 9.80 Å². The van der Waals surface area contributed by atoms with Gasteiger partial charge in [-0.1, -0.05) is 34.9 Å². The van der Waals surface area contributed by atoms with Gasteiger partial charge in [-0.25, -0.2) is 4.98 Å². The number of rotatable bonds is 9. The second-order valence-corrected chi connectivity index (χ2v) is 10.4. The number of fused-ring (bicyclic) bond motifs is 1. The Balaban J connectivity index is 1.57. The van der Waals surface area contributed by atoms with E-state index in [-0.39, 0.29) is 12.6 Å². The van der Waals surface area contributed by atoms with Crippen molar-refractivity contribution in [2.75, 3.05) is 29.5 Å². The third-order valence-corrected chi connectivity index (χ3v) is 7.21. The van der Waals surface area contributed by atoms with Crippen LogP contribution in [0.4, 0.5) is 24.9 Å². The lowest BCUT2D eigenvalue weighted by Gasteiger charge is -2.29. The number of tetrazole rings is 1. The molecule has 0 saturated carbocycles. The smallest absolute Gasteiger partial charge is 0.376 e. The van der Waals surface area contributed by atoms with Gasteiger partial charge in [-0.15, -0.1) is 5.10 Å². The summed E-state index contributed by atoms with van der Waals surface area (Å²) >= 11 is 0. The van der Waals surface area contributed by atoms with Gasteiger partial charge in [0.1, 0.15) is 5.82 Å². The molecule has 0 aliphatic carbocycles. The maximum atomic E-state index is 13.6. The van der Waals surface area contributed by atoms with Crippen molar-refractivity contribution in [2.45, 2.75) is 59.0 Å². The van der Waals surface area contributed by atoms with Crippen LogP contribution in [0.5, 0.6) is 0 Å². The van der Waals surface area contributed by atoms with Crippen molar-refractivity contribution in [3.63, 3.8) is 0 Å². The van der Waals surface area contributed by atoms with E-state index in [9.17, 15) is 13.2 Å². The summed E-state index contributed by atoms with van der Waals surface area (Å²) in [6, 6.07) is 12.3. The number of alkyl halides is 3. The van der Waals surface area contributed by atoms with Crippen LogP contribution >= 0.6 is 0 Å². The van der Waals surface area contributed by atoms with Crippen LogP contribution in [0.25, 0.3) is 10.9 Å². The van der Waals surface area contributed by atoms with Gasteiger partial charge in [0.25, 0.3) is 5.95 Å². The molecule has 0 spiro atoms. The Labute approximate surface area is 231 Å². The molecule has 11 heteroatoms. The number of likely N-dealkylation sites (N-methyl/N-ethyl adjacent to an activating group) is 1. The van der Waals surface area contributed by atoms with E-state index >= 15 is 0 Å². The molecule has 1 atom stereocenters. The van der Waals surface area contributed by atoms with Crippen molar-refractivity contribution in [1.29, 1.82) is 0 Å². The molecule has 0 amide bonds. The third-order valence-electron chi connectivity index (χ3n) is 7.21. The van der Waals surface area contributed by atoms with Crippen molar-refractivity contribution in [3.8, 4) is 0 Å². The number of aryl methyl sites for hydroxylation is 3. The lowest BCUT2D eigenvalue weighted by Crippen LogP contribution is -2.34. The number of ether oxygens (including phenoxy) is 1. The van der Waals surface area contributed by atoms with Crippen molar-refractivity contribution in [2.24, 2.45) is 7.05 Å². The van der Waals surface area contributed by atoms with Crippen molar-refractivity contribution in [3.05, 3.63) is 70.3 Å². The summed E-state index contributed by atoms with van der Waals surface area (Å²) in [4.78, 5) is 10.6. The minimum Gasteiger partial charge on any atom is -0.376 e. The minimum absolute atomic E-state index is 0.132. The molecule has 4 aromatic rings.